The molecule has 1 amide bonds. The second kappa shape index (κ2) is 7.42. The Morgan fingerprint density at radius 2 is 1.71 bits per heavy atom. The molecule has 0 saturated carbocycles. The Bertz CT molecular complexity index is 730. The highest BCUT2D eigenvalue weighted by molar-refractivity contribution is 6.36. The van der Waals surface area contributed by atoms with Gasteiger partial charge in [-0.05, 0) is 29.8 Å². The van der Waals surface area contributed by atoms with Crippen LogP contribution in [0.25, 0.3) is 0 Å². The van der Waals surface area contributed by atoms with Crippen LogP contribution in [0.2, 0.25) is 10.0 Å². The first kappa shape index (κ1) is 18.6. The third-order valence-corrected chi connectivity index (χ3v) is 4.06. The molecule has 2 aromatic carbocycles. The maximum Gasteiger partial charge on any atom is 0.416 e. The van der Waals surface area contributed by atoms with E-state index in [2.05, 4.69) is 5.32 Å². The van der Waals surface area contributed by atoms with E-state index in [0.717, 1.165) is 12.1 Å². The third-order valence-electron chi connectivity index (χ3n) is 3.36. The van der Waals surface area contributed by atoms with Crippen LogP contribution in [0.15, 0.2) is 42.5 Å². The number of nitrogens with two attached hydrogens (primary N) is 1. The van der Waals surface area contributed by atoms with Gasteiger partial charge in [-0.2, -0.15) is 13.2 Å². The summed E-state index contributed by atoms with van der Waals surface area (Å²) < 4.78 is 38.2. The Morgan fingerprint density at radius 3 is 2.29 bits per heavy atom. The largest absolute Gasteiger partial charge is 0.416 e. The lowest BCUT2D eigenvalue weighted by Crippen LogP contribution is -2.34. The number of carbonyl (C=O) groups is 1. The molecule has 8 heteroatoms. The summed E-state index contributed by atoms with van der Waals surface area (Å²) in [5, 5.41) is 3.26. The van der Waals surface area contributed by atoms with Crippen LogP contribution in [0.5, 0.6) is 0 Å². The van der Waals surface area contributed by atoms with Crippen LogP contribution in [-0.4, -0.2) is 5.91 Å². The first-order valence-corrected chi connectivity index (χ1v) is 7.59. The topological polar surface area (TPSA) is 55.1 Å². The molecule has 0 fully saturated rings. The molecular weight excluding hydrogens is 364 g/mol. The zero-order valence-electron chi connectivity index (χ0n) is 12.2. The smallest absolute Gasteiger partial charge is 0.350 e. The molecule has 3 nitrogen and oxygen atoms in total. The van der Waals surface area contributed by atoms with Crippen molar-refractivity contribution in [2.45, 2.75) is 18.8 Å². The third kappa shape index (κ3) is 4.41. The molecule has 128 valence electrons. The van der Waals surface area contributed by atoms with Crippen molar-refractivity contribution in [2.75, 3.05) is 0 Å². The van der Waals surface area contributed by atoms with Gasteiger partial charge in [0.15, 0.2) is 0 Å². The molecule has 1 unspecified atom stereocenters. The standard InChI is InChI=1S/C16H13Cl2F3N2O/c17-12-5-2-6-13(18)11(12)8-23-15(24)14(22)9-3-1-4-10(7-9)16(19,20)21/h1-7,14H,8,22H2,(H,23,24). The van der Waals surface area contributed by atoms with Gasteiger partial charge in [-0.25, -0.2) is 0 Å². The summed E-state index contributed by atoms with van der Waals surface area (Å²) in [6, 6.07) is 7.98. The van der Waals surface area contributed by atoms with Crippen LogP contribution in [0.3, 0.4) is 0 Å². The van der Waals surface area contributed by atoms with Gasteiger partial charge in [0.25, 0.3) is 0 Å². The van der Waals surface area contributed by atoms with Crippen LogP contribution in [-0.2, 0) is 17.5 Å². The van der Waals surface area contributed by atoms with Crippen molar-refractivity contribution in [3.05, 3.63) is 69.2 Å². The molecule has 1 atom stereocenters. The highest BCUT2D eigenvalue weighted by Gasteiger charge is 2.31. The lowest BCUT2D eigenvalue weighted by Gasteiger charge is -2.15. The molecule has 0 aliphatic rings. The molecule has 0 bridgehead atoms. The number of alkyl halides is 3. The van der Waals surface area contributed by atoms with Crippen molar-refractivity contribution in [3.63, 3.8) is 0 Å². The molecule has 0 spiro atoms. The number of hydrogen-bond donors (Lipinski definition) is 2. The van der Waals surface area contributed by atoms with E-state index in [4.69, 9.17) is 28.9 Å². The number of benzene rings is 2. The normalized spacial score (nSPS) is 12.8. The van der Waals surface area contributed by atoms with E-state index in [0.29, 0.717) is 15.6 Å². The molecule has 0 saturated heterocycles. The van der Waals surface area contributed by atoms with Gasteiger partial charge in [-0.15, -0.1) is 0 Å². The van der Waals surface area contributed by atoms with Crippen molar-refractivity contribution < 1.29 is 18.0 Å². The van der Waals surface area contributed by atoms with Crippen molar-refractivity contribution in [2.24, 2.45) is 5.73 Å². The van der Waals surface area contributed by atoms with Gasteiger partial charge in [0.1, 0.15) is 6.04 Å². The molecule has 0 aliphatic heterocycles. The van der Waals surface area contributed by atoms with E-state index in [9.17, 15) is 18.0 Å². The van der Waals surface area contributed by atoms with Crippen molar-refractivity contribution in [1.29, 1.82) is 0 Å². The van der Waals surface area contributed by atoms with E-state index in [-0.39, 0.29) is 12.1 Å². The number of rotatable bonds is 4. The minimum absolute atomic E-state index is 0.0179. The first-order chi connectivity index (χ1) is 11.2. The summed E-state index contributed by atoms with van der Waals surface area (Å²) in [6.07, 6.45) is -4.50. The molecule has 24 heavy (non-hydrogen) atoms. The predicted octanol–water partition coefficient (Wildman–Crippen LogP) is 4.33. The van der Waals surface area contributed by atoms with Crippen LogP contribution in [0.1, 0.15) is 22.7 Å². The number of hydrogen-bond acceptors (Lipinski definition) is 2. The molecule has 0 aromatic heterocycles. The van der Waals surface area contributed by atoms with Crippen molar-refractivity contribution in [1.82, 2.24) is 5.32 Å². The Morgan fingerprint density at radius 1 is 1.12 bits per heavy atom. The number of halogens is 5. The zero-order valence-corrected chi connectivity index (χ0v) is 13.7. The van der Waals surface area contributed by atoms with Gasteiger partial charge >= 0.3 is 6.18 Å². The van der Waals surface area contributed by atoms with E-state index in [1.54, 1.807) is 18.2 Å². The Labute approximate surface area is 146 Å². The summed E-state index contributed by atoms with van der Waals surface area (Å²) in [5.41, 5.74) is 5.45. The maximum atomic E-state index is 12.7. The lowest BCUT2D eigenvalue weighted by atomic mass is 10.0. The Kier molecular flexibility index (Phi) is 5.74. The van der Waals surface area contributed by atoms with E-state index in [1.807, 2.05) is 0 Å². The minimum atomic E-state index is -4.50. The van der Waals surface area contributed by atoms with Gasteiger partial charge in [0.05, 0.1) is 5.56 Å². The maximum absolute atomic E-state index is 12.7. The van der Waals surface area contributed by atoms with Crippen molar-refractivity contribution >= 4 is 29.1 Å². The lowest BCUT2D eigenvalue weighted by molar-refractivity contribution is -0.137. The number of carbonyl (C=O) groups excluding carboxylic acids is 1. The summed E-state index contributed by atoms with van der Waals surface area (Å²) in [4.78, 5) is 12.1. The summed E-state index contributed by atoms with van der Waals surface area (Å²) in [7, 11) is 0. The van der Waals surface area contributed by atoms with Gasteiger partial charge < -0.3 is 11.1 Å². The van der Waals surface area contributed by atoms with Gasteiger partial charge in [-0.1, -0.05) is 41.4 Å². The molecular formula is C16H13Cl2F3N2O. The fraction of sp³-hybridized carbons (Fsp3) is 0.188. The van der Waals surface area contributed by atoms with Gasteiger partial charge in [0, 0.05) is 22.2 Å². The fourth-order valence-corrected chi connectivity index (χ4v) is 2.58. The zero-order chi connectivity index (χ0) is 17.9. The highest BCUT2D eigenvalue weighted by atomic mass is 35.5. The highest BCUT2D eigenvalue weighted by Crippen LogP contribution is 2.30. The van der Waals surface area contributed by atoms with E-state index in [1.165, 1.54) is 12.1 Å². The Balaban J connectivity index is 2.10. The average molecular weight is 377 g/mol. The quantitative estimate of drug-likeness (QED) is 0.834. The van der Waals surface area contributed by atoms with Crippen LogP contribution >= 0.6 is 23.2 Å². The first-order valence-electron chi connectivity index (χ1n) is 6.83. The van der Waals surface area contributed by atoms with E-state index < -0.39 is 23.7 Å². The van der Waals surface area contributed by atoms with E-state index >= 15 is 0 Å². The molecule has 0 heterocycles. The second-order valence-corrected chi connectivity index (χ2v) is 5.83. The van der Waals surface area contributed by atoms with Crippen LogP contribution in [0.4, 0.5) is 13.2 Å². The molecule has 0 aliphatic carbocycles. The fourth-order valence-electron chi connectivity index (χ4n) is 2.05. The van der Waals surface area contributed by atoms with Gasteiger partial charge in [0.2, 0.25) is 5.91 Å². The minimum Gasteiger partial charge on any atom is -0.350 e. The summed E-state index contributed by atoms with van der Waals surface area (Å²) in [5.74, 6) is -0.634. The van der Waals surface area contributed by atoms with Crippen molar-refractivity contribution in [3.8, 4) is 0 Å². The molecule has 2 aromatic rings. The van der Waals surface area contributed by atoms with Gasteiger partial charge in [-0.3, -0.25) is 4.79 Å². The SMILES string of the molecule is NC(C(=O)NCc1c(Cl)cccc1Cl)c1cccc(C(F)(F)F)c1. The molecule has 3 N–H and O–H groups in total. The average Bonchev–Trinajstić information content (AvgIpc) is 2.52. The number of amides is 1. The molecule has 2 rings (SSSR count). The number of nitrogens with one attached hydrogen (secondary N) is 1. The molecule has 0 radical (unpaired) electrons. The monoisotopic (exact) mass is 376 g/mol. The van der Waals surface area contributed by atoms with Crippen LogP contribution < -0.4 is 11.1 Å². The second-order valence-electron chi connectivity index (χ2n) is 5.02. The van der Waals surface area contributed by atoms with Crippen LogP contribution in [0, 0.1) is 0 Å². The summed E-state index contributed by atoms with van der Waals surface area (Å²) >= 11 is 12.0. The predicted molar refractivity (Wildman–Crippen MR) is 86.7 cm³/mol. The Hall–Kier alpha value is -1.76. The summed E-state index contributed by atoms with van der Waals surface area (Å²) in [6.45, 7) is 0.0179.